The van der Waals surface area contributed by atoms with Gasteiger partial charge in [-0.2, -0.15) is 0 Å². The molecular weight excluding hydrogens is 425 g/mol. The Morgan fingerprint density at radius 3 is 2.75 bits per heavy atom. The number of nitrogens with zero attached hydrogens (tertiary/aromatic N) is 3. The standard InChI is InChI=1S/C21H27N6.Y/c1-15-4-3-10-27(15)11-9-25-20-8-6-18(13-21(20)24-2)26-17-5-7-19(23)16(12-17)14-22;/h5-8,12-15,22,25H,2-4,9-11,23H2,1H3;/q-1;. The average molecular weight is 452 g/mol. The van der Waals surface area contributed by atoms with E-state index in [1.54, 1.807) is 12.1 Å². The molecule has 0 saturated carbocycles. The van der Waals surface area contributed by atoms with Crippen molar-refractivity contribution in [1.29, 1.82) is 5.41 Å². The van der Waals surface area contributed by atoms with E-state index in [4.69, 9.17) is 11.1 Å². The Hall–Kier alpha value is -1.76. The monoisotopic (exact) mass is 452 g/mol. The number of anilines is 2. The van der Waals surface area contributed by atoms with E-state index in [0.29, 0.717) is 17.3 Å². The summed E-state index contributed by atoms with van der Waals surface area (Å²) < 4.78 is 0. The summed E-state index contributed by atoms with van der Waals surface area (Å²) in [5.41, 5.74) is 10.4. The molecule has 0 bridgehead atoms. The van der Waals surface area contributed by atoms with Crippen molar-refractivity contribution in [3.8, 4) is 0 Å². The summed E-state index contributed by atoms with van der Waals surface area (Å²) in [6.45, 7) is 9.08. The number of rotatable bonds is 8. The molecule has 1 aliphatic heterocycles. The molecule has 1 atom stereocenters. The molecule has 4 N–H and O–H groups in total. The van der Waals surface area contributed by atoms with Gasteiger partial charge < -0.3 is 21.8 Å². The number of hydrogen-bond acceptors (Lipinski definition) is 5. The number of aliphatic imine (C=N–C) groups is 1. The SMILES string of the molecule is C=Nc1cc([N-]c2ccc(N)c(C=N)c2)ccc1NCCN1CCCC1C.[Y]. The molecule has 0 amide bonds. The minimum absolute atomic E-state index is 0. The molecule has 7 heteroatoms. The van der Waals surface area contributed by atoms with Crippen molar-refractivity contribution in [3.05, 3.63) is 47.3 Å². The van der Waals surface area contributed by atoms with Crippen LogP contribution in [0.1, 0.15) is 25.3 Å². The molecule has 1 aliphatic rings. The van der Waals surface area contributed by atoms with E-state index in [9.17, 15) is 0 Å². The summed E-state index contributed by atoms with van der Waals surface area (Å²) in [6, 6.07) is 11.9. The number of benzene rings is 2. The number of hydrogen-bond donors (Lipinski definition) is 3. The second-order valence-electron chi connectivity index (χ2n) is 6.88. The van der Waals surface area contributed by atoms with Crippen LogP contribution in [0, 0.1) is 5.41 Å². The third-order valence-electron chi connectivity index (χ3n) is 5.04. The maximum Gasteiger partial charge on any atom is 0.0841 e. The molecule has 28 heavy (non-hydrogen) atoms. The van der Waals surface area contributed by atoms with Crippen LogP contribution in [0.5, 0.6) is 0 Å². The van der Waals surface area contributed by atoms with Gasteiger partial charge in [0.05, 0.1) is 11.4 Å². The molecule has 3 rings (SSSR count). The van der Waals surface area contributed by atoms with Crippen molar-refractivity contribution in [1.82, 2.24) is 4.90 Å². The number of likely N-dealkylation sites (tertiary alicyclic amines) is 1. The maximum absolute atomic E-state index is 7.41. The number of nitrogens with two attached hydrogens (primary N) is 1. The van der Waals surface area contributed by atoms with Crippen LogP contribution in [-0.2, 0) is 32.7 Å². The van der Waals surface area contributed by atoms with E-state index in [2.05, 4.69) is 34.2 Å². The summed E-state index contributed by atoms with van der Waals surface area (Å²) in [5.74, 6) is 0. The van der Waals surface area contributed by atoms with E-state index in [-0.39, 0.29) is 32.7 Å². The van der Waals surface area contributed by atoms with E-state index < -0.39 is 0 Å². The van der Waals surface area contributed by atoms with Crippen LogP contribution in [-0.4, -0.2) is 43.5 Å². The predicted molar refractivity (Wildman–Crippen MR) is 116 cm³/mol. The quantitative estimate of drug-likeness (QED) is 0.396. The Morgan fingerprint density at radius 2 is 2.07 bits per heavy atom. The molecule has 1 heterocycles. The number of nitrogens with one attached hydrogen (secondary N) is 2. The van der Waals surface area contributed by atoms with Gasteiger partial charge >= 0.3 is 0 Å². The first kappa shape index (κ1) is 22.5. The van der Waals surface area contributed by atoms with Gasteiger partial charge in [0.2, 0.25) is 0 Å². The van der Waals surface area contributed by atoms with Gasteiger partial charge in [-0.3, -0.25) is 9.89 Å². The molecule has 1 radical (unpaired) electrons. The predicted octanol–water partition coefficient (Wildman–Crippen LogP) is 4.83. The second-order valence-corrected chi connectivity index (χ2v) is 6.88. The summed E-state index contributed by atoms with van der Waals surface area (Å²) in [6.07, 6.45) is 3.82. The first-order chi connectivity index (χ1) is 13.1. The topological polar surface area (TPSA) is 91.6 Å². The van der Waals surface area contributed by atoms with Gasteiger partial charge in [0.15, 0.2) is 0 Å². The maximum atomic E-state index is 7.41. The molecule has 1 saturated heterocycles. The molecule has 2 aromatic carbocycles. The molecule has 1 fully saturated rings. The summed E-state index contributed by atoms with van der Waals surface area (Å²) in [7, 11) is 0. The Balaban J connectivity index is 0.00000280. The van der Waals surface area contributed by atoms with Crippen molar-refractivity contribution < 1.29 is 32.7 Å². The smallest absolute Gasteiger partial charge is 0.0841 e. The Kier molecular flexibility index (Phi) is 8.61. The van der Waals surface area contributed by atoms with E-state index in [1.807, 2.05) is 24.3 Å². The average Bonchev–Trinajstić information content (AvgIpc) is 3.09. The third kappa shape index (κ3) is 5.63. The van der Waals surface area contributed by atoms with Crippen molar-refractivity contribution in [3.63, 3.8) is 0 Å². The van der Waals surface area contributed by atoms with Crippen LogP contribution in [0.4, 0.5) is 28.4 Å². The first-order valence-corrected chi connectivity index (χ1v) is 9.31. The first-order valence-electron chi connectivity index (χ1n) is 9.31. The summed E-state index contributed by atoms with van der Waals surface area (Å²) in [5, 5.41) is 15.5. The molecule has 0 spiro atoms. The van der Waals surface area contributed by atoms with Crippen LogP contribution in [0.2, 0.25) is 0 Å². The Labute approximate surface area is 192 Å². The molecule has 145 valence electrons. The normalized spacial score (nSPS) is 16.2. The summed E-state index contributed by atoms with van der Waals surface area (Å²) in [4.78, 5) is 6.66. The zero-order valence-electron chi connectivity index (χ0n) is 16.4. The summed E-state index contributed by atoms with van der Waals surface area (Å²) >= 11 is 0. The molecule has 1 unspecified atom stereocenters. The fourth-order valence-electron chi connectivity index (χ4n) is 3.43. The fourth-order valence-corrected chi connectivity index (χ4v) is 3.43. The molecule has 6 nitrogen and oxygen atoms in total. The minimum Gasteiger partial charge on any atom is -0.658 e. The van der Waals surface area contributed by atoms with Gasteiger partial charge in [0.1, 0.15) is 0 Å². The zero-order valence-corrected chi connectivity index (χ0v) is 19.2. The number of nitrogen functional groups attached to an aromatic ring is 1. The van der Waals surface area contributed by atoms with Crippen molar-refractivity contribution in [2.45, 2.75) is 25.8 Å². The van der Waals surface area contributed by atoms with Gasteiger partial charge in [0, 0.05) is 69.3 Å². The van der Waals surface area contributed by atoms with Crippen LogP contribution in [0.15, 0.2) is 41.4 Å². The van der Waals surface area contributed by atoms with Crippen LogP contribution >= 0.6 is 0 Å². The largest absolute Gasteiger partial charge is 0.658 e. The van der Waals surface area contributed by atoms with Crippen molar-refractivity contribution in [2.24, 2.45) is 4.99 Å². The second kappa shape index (κ2) is 10.7. The van der Waals surface area contributed by atoms with Gasteiger partial charge in [-0.25, -0.2) is 0 Å². The third-order valence-corrected chi connectivity index (χ3v) is 5.04. The van der Waals surface area contributed by atoms with Gasteiger partial charge in [-0.05, 0) is 51.2 Å². The zero-order chi connectivity index (χ0) is 19.2. The Bertz CT molecular complexity index is 823. The van der Waals surface area contributed by atoms with Gasteiger partial charge in [-0.1, -0.05) is 18.2 Å². The molecule has 0 aromatic heterocycles. The van der Waals surface area contributed by atoms with Gasteiger partial charge in [-0.15, -0.1) is 11.4 Å². The van der Waals surface area contributed by atoms with E-state index in [1.165, 1.54) is 25.6 Å². The van der Waals surface area contributed by atoms with Crippen LogP contribution < -0.4 is 11.1 Å². The Morgan fingerprint density at radius 1 is 1.32 bits per heavy atom. The van der Waals surface area contributed by atoms with E-state index >= 15 is 0 Å². The molecule has 2 aromatic rings. The van der Waals surface area contributed by atoms with E-state index in [0.717, 1.165) is 35.8 Å². The van der Waals surface area contributed by atoms with Gasteiger partial charge in [0.25, 0.3) is 0 Å². The van der Waals surface area contributed by atoms with Crippen LogP contribution in [0.3, 0.4) is 0 Å². The fraction of sp³-hybridized carbons (Fsp3) is 0.333. The molecule has 0 aliphatic carbocycles. The van der Waals surface area contributed by atoms with Crippen LogP contribution in [0.25, 0.3) is 5.32 Å². The van der Waals surface area contributed by atoms with Crippen molar-refractivity contribution >= 4 is 41.4 Å². The molecular formula is C21H27N6Y-. The minimum atomic E-state index is 0. The van der Waals surface area contributed by atoms with Crippen molar-refractivity contribution in [2.75, 3.05) is 30.7 Å².